The average molecular weight is 329 g/mol. The fourth-order valence-electron chi connectivity index (χ4n) is 0. The van der Waals surface area contributed by atoms with Crippen LogP contribution in [0.2, 0.25) is 4.48 Å². The van der Waals surface area contributed by atoms with Crippen LogP contribution in [0.15, 0.2) is 0 Å². The van der Waals surface area contributed by atoms with Gasteiger partial charge in [-0.05, 0) is 0 Å². The molecule has 0 aromatic carbocycles. The molecule has 0 radical (unpaired) electrons. The monoisotopic (exact) mass is 328 g/mol. The van der Waals surface area contributed by atoms with Gasteiger partial charge in [-0.25, -0.2) is 0 Å². The van der Waals surface area contributed by atoms with Gasteiger partial charge in [0.1, 0.15) is 0 Å². The van der Waals surface area contributed by atoms with Crippen LogP contribution in [0.5, 0.6) is 0 Å². The molecule has 0 unspecified atom stereocenters. The predicted molar refractivity (Wildman–Crippen MR) is 29.2 cm³/mol. The second-order valence-corrected chi connectivity index (χ2v) is 31.8. The van der Waals surface area contributed by atoms with Crippen molar-refractivity contribution in [2.24, 2.45) is 0 Å². The van der Waals surface area contributed by atoms with Crippen molar-refractivity contribution in [2.45, 2.75) is 4.48 Å². The van der Waals surface area contributed by atoms with Crippen molar-refractivity contribution in [3.8, 4) is 0 Å². The number of hydrogen-bond donors (Lipinski definition) is 0. The summed E-state index contributed by atoms with van der Waals surface area (Å²) in [7, 11) is 15.8. The second kappa shape index (κ2) is 2.19. The second-order valence-electron chi connectivity index (χ2n) is 0.781. The first kappa shape index (κ1) is 6.79. The SMILES string of the molecule is [CH3][Pb]([Cl])([Cl])[Cl]. The average Bonchev–Trinajstić information content (AvgIpc) is 0.722. The van der Waals surface area contributed by atoms with Crippen LogP contribution in [-0.2, 0) is 0 Å². The van der Waals surface area contributed by atoms with E-state index < -0.39 is 17.5 Å². The van der Waals surface area contributed by atoms with Crippen LogP contribution in [0, 0.1) is 0 Å². The Morgan fingerprint density at radius 3 is 1.20 bits per heavy atom. The minimum atomic E-state index is -2.86. The third-order valence-electron chi connectivity index (χ3n) is 0. The van der Waals surface area contributed by atoms with Gasteiger partial charge in [-0.1, -0.05) is 0 Å². The zero-order valence-corrected chi connectivity index (χ0v) is 8.79. The molecular weight excluding hydrogens is 326 g/mol. The van der Waals surface area contributed by atoms with Crippen molar-refractivity contribution in [3.63, 3.8) is 0 Å². The standard InChI is InChI=1S/CH3.3ClH.Pb/h1H3;3*1H;/q;;;;+3/p-3. The van der Waals surface area contributed by atoms with Gasteiger partial charge in [0.2, 0.25) is 0 Å². The summed E-state index contributed by atoms with van der Waals surface area (Å²) in [5.41, 5.74) is 0. The molecule has 0 heterocycles. The molecule has 0 aliphatic rings. The molecule has 0 bridgehead atoms. The fraction of sp³-hybridized carbons (Fsp3) is 1.00. The van der Waals surface area contributed by atoms with Gasteiger partial charge in [0.25, 0.3) is 0 Å². The summed E-state index contributed by atoms with van der Waals surface area (Å²) >= 11 is -2.86. The van der Waals surface area contributed by atoms with Gasteiger partial charge in [0.15, 0.2) is 0 Å². The van der Waals surface area contributed by atoms with Crippen molar-refractivity contribution in [1.82, 2.24) is 0 Å². The third kappa shape index (κ3) is 25.9. The zero-order chi connectivity index (χ0) is 4.50. The molecule has 0 spiro atoms. The van der Waals surface area contributed by atoms with Crippen molar-refractivity contribution >= 4 is 42.4 Å². The van der Waals surface area contributed by atoms with E-state index in [2.05, 4.69) is 0 Å². The molecule has 0 nitrogen and oxygen atoms in total. The van der Waals surface area contributed by atoms with Gasteiger partial charge in [0.05, 0.1) is 0 Å². The number of rotatable bonds is 0. The van der Waals surface area contributed by atoms with Gasteiger partial charge >= 0.3 is 46.9 Å². The van der Waals surface area contributed by atoms with E-state index in [4.69, 9.17) is 24.9 Å². The quantitative estimate of drug-likeness (QED) is 0.599. The summed E-state index contributed by atoms with van der Waals surface area (Å²) in [5.74, 6) is 0. The molecule has 0 fully saturated rings. The Bertz CT molecular complexity index is 22.4. The molecule has 0 aromatic heterocycles. The van der Waals surface area contributed by atoms with Crippen LogP contribution < -0.4 is 0 Å². The summed E-state index contributed by atoms with van der Waals surface area (Å²) in [4.78, 5) is 0. The van der Waals surface area contributed by atoms with E-state index in [0.717, 1.165) is 0 Å². The molecule has 0 aromatic rings. The predicted octanol–water partition coefficient (Wildman–Crippen LogP) is 2.27. The topological polar surface area (TPSA) is 0 Å². The molecule has 0 saturated carbocycles. The fourth-order valence-corrected chi connectivity index (χ4v) is 0. The first-order valence-electron chi connectivity index (χ1n) is 1.07. The van der Waals surface area contributed by atoms with Gasteiger partial charge in [-0.15, -0.1) is 0 Å². The summed E-state index contributed by atoms with van der Waals surface area (Å²) in [6.45, 7) is 0. The van der Waals surface area contributed by atoms with E-state index in [1.807, 2.05) is 0 Å². The third-order valence-corrected chi connectivity index (χ3v) is 0. The summed E-state index contributed by atoms with van der Waals surface area (Å²) in [6, 6.07) is 0. The Kier molecular flexibility index (Phi) is 2.98. The van der Waals surface area contributed by atoms with Gasteiger partial charge < -0.3 is 0 Å². The molecule has 0 atom stereocenters. The molecule has 0 aliphatic heterocycles. The first-order chi connectivity index (χ1) is 2.00. The van der Waals surface area contributed by atoms with Crippen LogP contribution in [0.3, 0.4) is 0 Å². The maximum atomic E-state index is 5.28. The van der Waals surface area contributed by atoms with E-state index in [1.54, 1.807) is 4.48 Å². The summed E-state index contributed by atoms with van der Waals surface area (Å²) < 4.78 is 1.71. The van der Waals surface area contributed by atoms with Crippen LogP contribution in [0.1, 0.15) is 0 Å². The van der Waals surface area contributed by atoms with E-state index in [0.29, 0.717) is 0 Å². The molecular formula is CH3Cl3Pb. The normalized spacial score (nSPS) is 12.0. The molecule has 0 aliphatic carbocycles. The van der Waals surface area contributed by atoms with Gasteiger partial charge in [-0.3, -0.25) is 0 Å². The van der Waals surface area contributed by atoms with Crippen molar-refractivity contribution in [1.29, 1.82) is 0 Å². The molecule has 0 saturated heterocycles. The van der Waals surface area contributed by atoms with E-state index in [-0.39, 0.29) is 0 Å². The first-order valence-corrected chi connectivity index (χ1v) is 19.3. The molecule has 32 valence electrons. The number of hydrogen-bond acceptors (Lipinski definition) is 0. The minimum absolute atomic E-state index is 1.71. The van der Waals surface area contributed by atoms with Crippen molar-refractivity contribution in [2.75, 3.05) is 0 Å². The van der Waals surface area contributed by atoms with Gasteiger partial charge in [-0.2, -0.15) is 0 Å². The Balaban J connectivity index is 3.02. The Morgan fingerprint density at radius 2 is 1.20 bits per heavy atom. The Morgan fingerprint density at radius 1 is 1.20 bits per heavy atom. The van der Waals surface area contributed by atoms with Crippen molar-refractivity contribution in [3.05, 3.63) is 0 Å². The molecule has 0 rings (SSSR count). The zero-order valence-electron chi connectivity index (χ0n) is 2.63. The number of halogens is 3. The van der Waals surface area contributed by atoms with Crippen molar-refractivity contribution < 1.29 is 0 Å². The molecule has 0 amide bonds. The molecule has 5 heavy (non-hydrogen) atoms. The summed E-state index contributed by atoms with van der Waals surface area (Å²) in [5, 5.41) is 0. The van der Waals surface area contributed by atoms with Crippen LogP contribution in [0.4, 0.5) is 0 Å². The van der Waals surface area contributed by atoms with E-state index in [9.17, 15) is 0 Å². The Hall–Kier alpha value is 1.79. The van der Waals surface area contributed by atoms with Gasteiger partial charge in [0, 0.05) is 0 Å². The Labute approximate surface area is 46.5 Å². The molecule has 0 N–H and O–H groups in total. The maximum absolute atomic E-state index is 5.28. The van der Waals surface area contributed by atoms with E-state index >= 15 is 0 Å². The molecule has 4 heteroatoms. The van der Waals surface area contributed by atoms with Crippen LogP contribution in [0.25, 0.3) is 0 Å². The van der Waals surface area contributed by atoms with E-state index in [1.165, 1.54) is 0 Å². The summed E-state index contributed by atoms with van der Waals surface area (Å²) in [6.07, 6.45) is 0. The van der Waals surface area contributed by atoms with Crippen LogP contribution in [-0.4, -0.2) is 17.5 Å². The van der Waals surface area contributed by atoms with Crippen LogP contribution >= 0.6 is 24.9 Å².